The molecule has 132 valence electrons. The standard InChI is InChI=1S/C16H21NO7/c1-9-8-14(20)17-10(2)12(18)4-6-16(22)24-11(3)13(19)5-7-15(21)23-9/h4-7,9-11,13,19H,8H2,1-3H3,(H,17,20)/b6-4+,7-5+/t9?,10-,11-,13+/m0/s1. The number of rotatable bonds is 0. The van der Waals surface area contributed by atoms with Gasteiger partial charge in [-0.25, -0.2) is 9.59 Å². The van der Waals surface area contributed by atoms with Crippen LogP contribution in [0, 0.1) is 0 Å². The number of amides is 1. The lowest BCUT2D eigenvalue weighted by atomic mass is 10.1. The molecule has 8 nitrogen and oxygen atoms in total. The zero-order valence-electron chi connectivity index (χ0n) is 13.7. The Labute approximate surface area is 139 Å². The molecule has 0 spiro atoms. The van der Waals surface area contributed by atoms with Gasteiger partial charge in [0.15, 0.2) is 5.78 Å². The number of hydrogen-bond acceptors (Lipinski definition) is 7. The molecule has 1 rings (SSSR count). The second kappa shape index (κ2) is 8.97. The van der Waals surface area contributed by atoms with E-state index in [1.807, 2.05) is 0 Å². The molecule has 1 aliphatic rings. The van der Waals surface area contributed by atoms with Gasteiger partial charge in [0.25, 0.3) is 0 Å². The van der Waals surface area contributed by atoms with Gasteiger partial charge in [0.05, 0.1) is 12.5 Å². The Morgan fingerprint density at radius 2 is 1.62 bits per heavy atom. The molecule has 0 aromatic heterocycles. The molecule has 24 heavy (non-hydrogen) atoms. The second-order valence-corrected chi connectivity index (χ2v) is 5.47. The van der Waals surface area contributed by atoms with Crippen molar-refractivity contribution in [1.82, 2.24) is 5.32 Å². The number of nitrogens with one attached hydrogen (secondary N) is 1. The van der Waals surface area contributed by atoms with Gasteiger partial charge in [-0.05, 0) is 32.9 Å². The molecule has 0 bridgehead atoms. The third-order valence-corrected chi connectivity index (χ3v) is 3.19. The van der Waals surface area contributed by atoms with Crippen molar-refractivity contribution in [3.63, 3.8) is 0 Å². The summed E-state index contributed by atoms with van der Waals surface area (Å²) in [7, 11) is 0. The van der Waals surface area contributed by atoms with Crippen LogP contribution in [0.3, 0.4) is 0 Å². The Balaban J connectivity index is 2.93. The lowest BCUT2D eigenvalue weighted by Crippen LogP contribution is -2.39. The van der Waals surface area contributed by atoms with E-state index < -0.39 is 48.0 Å². The highest BCUT2D eigenvalue weighted by molar-refractivity contribution is 6.00. The van der Waals surface area contributed by atoms with Crippen LogP contribution in [0.15, 0.2) is 24.3 Å². The van der Waals surface area contributed by atoms with Crippen molar-refractivity contribution in [1.29, 1.82) is 0 Å². The number of hydrogen-bond donors (Lipinski definition) is 2. The van der Waals surface area contributed by atoms with Gasteiger partial charge >= 0.3 is 11.9 Å². The minimum atomic E-state index is -1.23. The molecule has 8 heteroatoms. The number of ketones is 1. The average molecular weight is 339 g/mol. The van der Waals surface area contributed by atoms with Gasteiger partial charge in [0.1, 0.15) is 18.3 Å². The second-order valence-electron chi connectivity index (χ2n) is 5.47. The number of carbonyl (C=O) groups excluding carboxylic acids is 4. The molecule has 0 aliphatic carbocycles. The molecule has 1 heterocycles. The number of aliphatic hydroxyl groups excluding tert-OH is 1. The Morgan fingerprint density at radius 1 is 1.00 bits per heavy atom. The van der Waals surface area contributed by atoms with Gasteiger partial charge in [0, 0.05) is 12.2 Å². The van der Waals surface area contributed by atoms with Crippen molar-refractivity contribution in [3.05, 3.63) is 24.3 Å². The molecule has 0 saturated heterocycles. The number of carbonyl (C=O) groups is 4. The highest BCUT2D eigenvalue weighted by Gasteiger charge is 2.20. The van der Waals surface area contributed by atoms with E-state index in [-0.39, 0.29) is 6.42 Å². The molecule has 4 atom stereocenters. The van der Waals surface area contributed by atoms with E-state index in [4.69, 9.17) is 9.47 Å². The van der Waals surface area contributed by atoms with E-state index in [1.54, 1.807) is 0 Å². The molecular formula is C16H21NO7. The van der Waals surface area contributed by atoms with Crippen LogP contribution >= 0.6 is 0 Å². The van der Waals surface area contributed by atoms with Crippen LogP contribution in [0.1, 0.15) is 27.2 Å². The van der Waals surface area contributed by atoms with E-state index >= 15 is 0 Å². The lowest BCUT2D eigenvalue weighted by Gasteiger charge is -2.17. The van der Waals surface area contributed by atoms with Crippen molar-refractivity contribution in [2.75, 3.05) is 0 Å². The Kier molecular flexibility index (Phi) is 7.31. The number of esters is 2. The fourth-order valence-corrected chi connectivity index (χ4v) is 1.83. The first-order valence-corrected chi connectivity index (χ1v) is 7.47. The highest BCUT2D eigenvalue weighted by atomic mass is 16.6. The maximum absolute atomic E-state index is 11.8. The van der Waals surface area contributed by atoms with Crippen molar-refractivity contribution >= 4 is 23.6 Å². The first kappa shape index (κ1) is 19.6. The van der Waals surface area contributed by atoms with Crippen LogP contribution in [-0.2, 0) is 28.7 Å². The first-order chi connectivity index (χ1) is 11.2. The van der Waals surface area contributed by atoms with Gasteiger partial charge in [-0.1, -0.05) is 0 Å². The van der Waals surface area contributed by atoms with Crippen molar-refractivity contribution in [3.8, 4) is 0 Å². The van der Waals surface area contributed by atoms with Crippen molar-refractivity contribution in [2.24, 2.45) is 0 Å². The van der Waals surface area contributed by atoms with E-state index in [0.717, 1.165) is 24.3 Å². The highest BCUT2D eigenvalue weighted by Crippen LogP contribution is 2.05. The minimum Gasteiger partial charge on any atom is -0.459 e. The summed E-state index contributed by atoms with van der Waals surface area (Å²) in [5.74, 6) is -2.55. The largest absolute Gasteiger partial charge is 0.459 e. The summed E-state index contributed by atoms with van der Waals surface area (Å²) in [4.78, 5) is 46.8. The molecule has 2 N–H and O–H groups in total. The Morgan fingerprint density at radius 3 is 2.29 bits per heavy atom. The quantitative estimate of drug-likeness (QED) is 0.587. The predicted octanol–water partition coefficient (Wildman–Crippen LogP) is -0.199. The maximum atomic E-state index is 11.8. The number of ether oxygens (including phenoxy) is 2. The molecule has 0 fully saturated rings. The summed E-state index contributed by atoms with van der Waals surface area (Å²) in [5, 5.41) is 12.2. The van der Waals surface area contributed by atoms with Gasteiger partial charge in [-0.15, -0.1) is 0 Å². The minimum absolute atomic E-state index is 0.123. The Hall–Kier alpha value is -2.48. The smallest absolute Gasteiger partial charge is 0.331 e. The summed E-state index contributed by atoms with van der Waals surface area (Å²) in [6.45, 7) is 4.43. The van der Waals surface area contributed by atoms with Crippen LogP contribution in [0.5, 0.6) is 0 Å². The van der Waals surface area contributed by atoms with Crippen LogP contribution in [-0.4, -0.2) is 53.1 Å². The van der Waals surface area contributed by atoms with Gasteiger partial charge in [-0.2, -0.15) is 0 Å². The average Bonchev–Trinajstić information content (AvgIpc) is 2.48. The maximum Gasteiger partial charge on any atom is 0.331 e. The van der Waals surface area contributed by atoms with Crippen LogP contribution in [0.25, 0.3) is 0 Å². The summed E-state index contributed by atoms with van der Waals surface area (Å²) >= 11 is 0. The third kappa shape index (κ3) is 6.74. The molecule has 1 amide bonds. The van der Waals surface area contributed by atoms with E-state index in [1.165, 1.54) is 20.8 Å². The van der Waals surface area contributed by atoms with Crippen LogP contribution in [0.2, 0.25) is 0 Å². The zero-order chi connectivity index (χ0) is 18.3. The fourth-order valence-electron chi connectivity index (χ4n) is 1.83. The fraction of sp³-hybridized carbons (Fsp3) is 0.500. The number of cyclic esters (lactones) is 2. The van der Waals surface area contributed by atoms with E-state index in [9.17, 15) is 24.3 Å². The van der Waals surface area contributed by atoms with Crippen molar-refractivity contribution < 1.29 is 33.8 Å². The lowest BCUT2D eigenvalue weighted by molar-refractivity contribution is -0.146. The summed E-state index contributed by atoms with van der Waals surface area (Å²) < 4.78 is 9.89. The van der Waals surface area contributed by atoms with Crippen molar-refractivity contribution in [2.45, 2.75) is 51.5 Å². The summed E-state index contributed by atoms with van der Waals surface area (Å²) in [6, 6.07) is -0.847. The summed E-state index contributed by atoms with van der Waals surface area (Å²) in [5.41, 5.74) is 0. The van der Waals surface area contributed by atoms with Crippen LogP contribution in [0.4, 0.5) is 0 Å². The number of aliphatic hydroxyl groups is 1. The molecule has 0 saturated carbocycles. The van der Waals surface area contributed by atoms with Gasteiger partial charge in [0.2, 0.25) is 5.91 Å². The molecule has 0 aromatic rings. The first-order valence-electron chi connectivity index (χ1n) is 7.47. The molecule has 1 aliphatic heterocycles. The SMILES string of the molecule is CC1CC(=O)N[C@@H](C)C(=O)/C=C/C(=O)O[C@@H](C)[C@H](O)/C=C/C(=O)O1. The zero-order valence-corrected chi connectivity index (χ0v) is 13.7. The molecule has 1 unspecified atom stereocenters. The molecular weight excluding hydrogens is 318 g/mol. The monoisotopic (exact) mass is 339 g/mol. The van der Waals surface area contributed by atoms with E-state index in [2.05, 4.69) is 5.32 Å². The Bertz CT molecular complexity index is 567. The summed E-state index contributed by atoms with van der Waals surface area (Å²) in [6.07, 6.45) is 1.05. The van der Waals surface area contributed by atoms with E-state index in [0.29, 0.717) is 0 Å². The van der Waals surface area contributed by atoms with Crippen LogP contribution < -0.4 is 5.32 Å². The predicted molar refractivity (Wildman–Crippen MR) is 82.6 cm³/mol. The molecule has 0 aromatic carbocycles. The third-order valence-electron chi connectivity index (χ3n) is 3.19. The van der Waals surface area contributed by atoms with Gasteiger partial charge in [-0.3, -0.25) is 9.59 Å². The van der Waals surface area contributed by atoms with Gasteiger partial charge < -0.3 is 19.9 Å². The molecule has 0 radical (unpaired) electrons. The topological polar surface area (TPSA) is 119 Å². The normalized spacial score (nSPS) is 33.2.